The van der Waals surface area contributed by atoms with Crippen molar-refractivity contribution in [2.75, 3.05) is 26.3 Å². The van der Waals surface area contributed by atoms with Gasteiger partial charge in [0.1, 0.15) is 18.3 Å². The molecular weight excluding hydrogens is 396 g/mol. The van der Waals surface area contributed by atoms with E-state index >= 15 is 0 Å². The number of hydrogen-bond donors (Lipinski definition) is 0. The van der Waals surface area contributed by atoms with E-state index in [4.69, 9.17) is 4.98 Å². The van der Waals surface area contributed by atoms with E-state index < -0.39 is 0 Å². The minimum absolute atomic E-state index is 0.0414. The van der Waals surface area contributed by atoms with E-state index in [1.54, 1.807) is 12.1 Å². The van der Waals surface area contributed by atoms with Gasteiger partial charge in [0.25, 0.3) is 5.56 Å². The second-order valence-corrected chi connectivity index (χ2v) is 8.78. The summed E-state index contributed by atoms with van der Waals surface area (Å²) < 4.78 is 27.9. The molecule has 1 aromatic heterocycles. The molecule has 2 heterocycles. The minimum atomic E-state index is -0.340. The fourth-order valence-electron chi connectivity index (χ4n) is 4.56. The molecule has 1 atom stereocenters. The fraction of sp³-hybridized carbons (Fsp3) is 0.440. The van der Waals surface area contributed by atoms with E-state index in [0.717, 1.165) is 42.9 Å². The van der Waals surface area contributed by atoms with Crippen molar-refractivity contribution < 1.29 is 8.78 Å². The molecule has 0 spiro atoms. The summed E-state index contributed by atoms with van der Waals surface area (Å²) in [6.45, 7) is 6.54. The smallest absolute Gasteiger partial charge is 0.261 e. The maximum Gasteiger partial charge on any atom is 0.261 e. The van der Waals surface area contributed by atoms with E-state index in [2.05, 4.69) is 4.90 Å². The first kappa shape index (κ1) is 21.6. The third-order valence-electron chi connectivity index (χ3n) is 6.12. The largest absolute Gasteiger partial charge is 0.300 e. The second-order valence-electron chi connectivity index (χ2n) is 8.78. The van der Waals surface area contributed by atoms with Crippen LogP contribution in [0.2, 0.25) is 0 Å². The molecule has 1 saturated heterocycles. The van der Waals surface area contributed by atoms with Gasteiger partial charge in [0, 0.05) is 25.6 Å². The number of alkyl halides is 1. The van der Waals surface area contributed by atoms with E-state index in [0.29, 0.717) is 29.9 Å². The molecule has 1 aliphatic rings. The van der Waals surface area contributed by atoms with Gasteiger partial charge in [0.15, 0.2) is 0 Å². The molecule has 0 aliphatic carbocycles. The van der Waals surface area contributed by atoms with Crippen molar-refractivity contribution in [3.05, 3.63) is 64.5 Å². The number of aromatic nitrogens is 2. The predicted molar refractivity (Wildman–Crippen MR) is 121 cm³/mol. The Hall–Kier alpha value is -2.60. The highest BCUT2D eigenvalue weighted by Gasteiger charge is 2.23. The molecule has 0 bridgehead atoms. The maximum absolute atomic E-state index is 13.6. The average Bonchev–Trinajstić information content (AvgIpc) is 2.76. The van der Waals surface area contributed by atoms with Gasteiger partial charge < -0.3 is 4.90 Å². The van der Waals surface area contributed by atoms with Crippen molar-refractivity contribution >= 4 is 10.9 Å². The quantitative estimate of drug-likeness (QED) is 0.557. The first-order valence-electron chi connectivity index (χ1n) is 11.0. The van der Waals surface area contributed by atoms with E-state index in [-0.39, 0.29) is 24.0 Å². The Morgan fingerprint density at radius 2 is 1.87 bits per heavy atom. The summed E-state index contributed by atoms with van der Waals surface area (Å²) in [4.78, 5) is 20.5. The average molecular weight is 426 g/mol. The van der Waals surface area contributed by atoms with Gasteiger partial charge >= 0.3 is 0 Å². The highest BCUT2D eigenvalue weighted by molar-refractivity contribution is 5.83. The molecule has 31 heavy (non-hydrogen) atoms. The molecule has 3 aromatic rings. The number of nitrogens with zero attached hydrogens (tertiary/aromatic N) is 3. The topological polar surface area (TPSA) is 38.1 Å². The zero-order chi connectivity index (χ0) is 22.0. The molecule has 0 saturated carbocycles. The number of piperidine rings is 1. The van der Waals surface area contributed by atoms with Gasteiger partial charge in [-0.1, -0.05) is 32.0 Å². The summed E-state index contributed by atoms with van der Waals surface area (Å²) in [7, 11) is 0. The Morgan fingerprint density at radius 1 is 1.13 bits per heavy atom. The molecule has 4 nitrogen and oxygen atoms in total. The number of fused-ring (bicyclic) bond motifs is 1. The molecule has 0 unspecified atom stereocenters. The summed E-state index contributed by atoms with van der Waals surface area (Å²) in [6, 6.07) is 11.9. The molecule has 0 N–H and O–H groups in total. The fourth-order valence-corrected chi connectivity index (χ4v) is 4.56. The lowest BCUT2D eigenvalue weighted by Gasteiger charge is -2.33. The minimum Gasteiger partial charge on any atom is -0.300 e. The van der Waals surface area contributed by atoms with Crippen molar-refractivity contribution in [3.63, 3.8) is 0 Å². The summed E-state index contributed by atoms with van der Waals surface area (Å²) in [6.07, 6.45) is 2.05. The molecule has 2 aromatic carbocycles. The van der Waals surface area contributed by atoms with Crippen LogP contribution >= 0.6 is 0 Å². The van der Waals surface area contributed by atoms with Crippen LogP contribution in [0.15, 0.2) is 47.3 Å². The normalized spacial score (nSPS) is 17.5. The SMILES string of the molecule is CC(C)c1nc2ccc(-c3ccc(F)cc3)cc2c(=O)n1C[C@H]1CCCN(CCF)C1. The Kier molecular flexibility index (Phi) is 6.46. The Labute approximate surface area is 181 Å². The van der Waals surface area contributed by atoms with Crippen molar-refractivity contribution in [1.29, 1.82) is 0 Å². The van der Waals surface area contributed by atoms with Gasteiger partial charge in [-0.25, -0.2) is 13.8 Å². The molecule has 164 valence electrons. The predicted octanol–water partition coefficient (Wildman–Crippen LogP) is 5.01. The van der Waals surface area contributed by atoms with Crippen LogP contribution in [0, 0.1) is 11.7 Å². The van der Waals surface area contributed by atoms with Gasteiger partial charge in [-0.3, -0.25) is 9.36 Å². The van der Waals surface area contributed by atoms with Crippen LogP contribution in [0.3, 0.4) is 0 Å². The van der Waals surface area contributed by atoms with Gasteiger partial charge in [-0.15, -0.1) is 0 Å². The molecule has 1 fully saturated rings. The summed E-state index contributed by atoms with van der Waals surface area (Å²) in [5.74, 6) is 0.911. The summed E-state index contributed by atoms with van der Waals surface area (Å²) >= 11 is 0. The van der Waals surface area contributed by atoms with Crippen molar-refractivity contribution in [2.45, 2.75) is 39.2 Å². The number of hydrogen-bond acceptors (Lipinski definition) is 3. The number of likely N-dealkylation sites (tertiary alicyclic amines) is 1. The molecular formula is C25H29F2N3O. The third kappa shape index (κ3) is 4.69. The van der Waals surface area contributed by atoms with Crippen LogP contribution in [0.5, 0.6) is 0 Å². The summed E-state index contributed by atoms with van der Waals surface area (Å²) in [5, 5.41) is 0.572. The number of halogens is 2. The Balaban J connectivity index is 1.74. The van der Waals surface area contributed by atoms with E-state index in [9.17, 15) is 13.6 Å². The molecule has 1 aliphatic heterocycles. The molecule has 4 rings (SSSR count). The van der Waals surface area contributed by atoms with E-state index in [1.165, 1.54) is 12.1 Å². The third-order valence-corrected chi connectivity index (χ3v) is 6.12. The highest BCUT2D eigenvalue weighted by atomic mass is 19.1. The van der Waals surface area contributed by atoms with Crippen LogP contribution in [-0.2, 0) is 6.54 Å². The monoisotopic (exact) mass is 425 g/mol. The maximum atomic E-state index is 13.6. The van der Waals surface area contributed by atoms with Crippen LogP contribution in [0.25, 0.3) is 22.0 Å². The van der Waals surface area contributed by atoms with Crippen molar-refractivity contribution in [3.8, 4) is 11.1 Å². The zero-order valence-corrected chi connectivity index (χ0v) is 18.2. The number of benzene rings is 2. The zero-order valence-electron chi connectivity index (χ0n) is 18.2. The summed E-state index contributed by atoms with van der Waals surface area (Å²) in [5.41, 5.74) is 2.36. The van der Waals surface area contributed by atoms with Crippen molar-refractivity contribution in [1.82, 2.24) is 14.5 Å². The van der Waals surface area contributed by atoms with Crippen LogP contribution in [0.4, 0.5) is 8.78 Å². The van der Waals surface area contributed by atoms with Crippen molar-refractivity contribution in [2.24, 2.45) is 5.92 Å². The van der Waals surface area contributed by atoms with E-state index in [1.807, 2.05) is 36.6 Å². The Morgan fingerprint density at radius 3 is 2.58 bits per heavy atom. The lowest BCUT2D eigenvalue weighted by Crippen LogP contribution is -2.40. The van der Waals surface area contributed by atoms with Gasteiger partial charge in [-0.05, 0) is 60.7 Å². The van der Waals surface area contributed by atoms with Crippen LogP contribution in [0.1, 0.15) is 38.4 Å². The highest BCUT2D eigenvalue weighted by Crippen LogP contribution is 2.25. The lowest BCUT2D eigenvalue weighted by atomic mass is 9.97. The number of rotatable bonds is 6. The Bertz CT molecular complexity index is 1110. The molecule has 0 amide bonds. The first-order valence-corrected chi connectivity index (χ1v) is 11.0. The molecule has 6 heteroatoms. The van der Waals surface area contributed by atoms with Gasteiger partial charge in [0.05, 0.1) is 10.9 Å². The molecule has 0 radical (unpaired) electrons. The lowest BCUT2D eigenvalue weighted by molar-refractivity contribution is 0.151. The standard InChI is InChI=1S/C25H29F2N3O/c1-17(2)24-28-23-10-7-20(19-5-8-21(27)9-6-19)14-22(23)25(31)30(24)16-18-4-3-12-29(15-18)13-11-26/h5-10,14,17-18H,3-4,11-13,15-16H2,1-2H3/t18-/m0/s1. The first-order chi connectivity index (χ1) is 15.0. The second kappa shape index (κ2) is 9.27. The van der Waals surface area contributed by atoms with Gasteiger partial charge in [-0.2, -0.15) is 0 Å². The van der Waals surface area contributed by atoms with Crippen LogP contribution in [-0.4, -0.2) is 40.8 Å². The van der Waals surface area contributed by atoms with Crippen LogP contribution < -0.4 is 5.56 Å². The van der Waals surface area contributed by atoms with Gasteiger partial charge in [0.2, 0.25) is 0 Å².